The van der Waals surface area contributed by atoms with Gasteiger partial charge in [0.25, 0.3) is 0 Å². The Morgan fingerprint density at radius 3 is 2.79 bits per heavy atom. The average molecular weight is 358 g/mol. The number of aryl methyl sites for hydroxylation is 1. The zero-order valence-corrected chi connectivity index (χ0v) is 13.1. The summed E-state index contributed by atoms with van der Waals surface area (Å²) in [4.78, 5) is 4.53. The molecule has 1 aromatic carbocycles. The number of hydrogen-bond donors (Lipinski definition) is 1. The summed E-state index contributed by atoms with van der Waals surface area (Å²) in [6.45, 7) is 1.86. The number of thiocarbonyl (C=S) groups is 1. The molecule has 3 nitrogen and oxygen atoms in total. The zero-order chi connectivity index (χ0) is 14.0. The van der Waals surface area contributed by atoms with E-state index in [1.165, 1.54) is 0 Å². The fourth-order valence-corrected chi connectivity index (χ4v) is 2.11. The molecule has 0 bridgehead atoms. The van der Waals surface area contributed by atoms with Gasteiger partial charge in [-0.05, 0) is 37.3 Å². The minimum absolute atomic E-state index is 0.230. The Bertz CT molecular complexity index is 649. The molecule has 0 spiro atoms. The molecule has 0 aliphatic heterocycles. The highest BCUT2D eigenvalue weighted by Gasteiger charge is 2.12. The van der Waals surface area contributed by atoms with Gasteiger partial charge in [-0.1, -0.05) is 39.7 Å². The first kappa shape index (κ1) is 14.2. The lowest BCUT2D eigenvalue weighted by Crippen LogP contribution is -2.12. The third-order valence-corrected chi connectivity index (χ3v) is 3.39. The Balaban J connectivity index is 2.45. The van der Waals surface area contributed by atoms with Gasteiger partial charge in [0, 0.05) is 10.2 Å². The first-order chi connectivity index (χ1) is 8.97. The van der Waals surface area contributed by atoms with Crippen LogP contribution in [-0.4, -0.2) is 9.97 Å². The van der Waals surface area contributed by atoms with E-state index in [-0.39, 0.29) is 4.99 Å². The number of ether oxygens (including phenoxy) is 1. The van der Waals surface area contributed by atoms with Crippen LogP contribution in [0.15, 0.2) is 34.8 Å². The normalized spacial score (nSPS) is 10.3. The number of halogens is 2. The molecule has 0 radical (unpaired) electrons. The first-order valence-corrected chi connectivity index (χ1v) is 6.95. The van der Waals surface area contributed by atoms with E-state index >= 15 is 0 Å². The Labute approximate surface area is 129 Å². The highest BCUT2D eigenvalue weighted by atomic mass is 79.9. The molecule has 2 N–H and O–H groups in total. The molecule has 0 fully saturated rings. The van der Waals surface area contributed by atoms with Gasteiger partial charge in [-0.25, -0.2) is 4.98 Å². The maximum atomic E-state index is 6.08. The van der Waals surface area contributed by atoms with Crippen molar-refractivity contribution < 1.29 is 4.74 Å². The third kappa shape index (κ3) is 3.43. The van der Waals surface area contributed by atoms with Gasteiger partial charge in [-0.3, -0.25) is 0 Å². The summed E-state index contributed by atoms with van der Waals surface area (Å²) >= 11 is 14.4. The molecule has 98 valence electrons. The number of pyridine rings is 1. The summed E-state index contributed by atoms with van der Waals surface area (Å²) in [7, 11) is 0. The predicted molar refractivity (Wildman–Crippen MR) is 84.1 cm³/mol. The van der Waals surface area contributed by atoms with Crippen molar-refractivity contribution in [1.29, 1.82) is 0 Å². The number of benzene rings is 1. The molecule has 0 aliphatic carbocycles. The number of rotatable bonds is 3. The van der Waals surface area contributed by atoms with Gasteiger partial charge in [0.15, 0.2) is 0 Å². The van der Waals surface area contributed by atoms with Crippen LogP contribution in [0.25, 0.3) is 0 Å². The van der Waals surface area contributed by atoms with Crippen molar-refractivity contribution in [3.05, 3.63) is 51.1 Å². The summed E-state index contributed by atoms with van der Waals surface area (Å²) in [6, 6.07) is 8.93. The fourth-order valence-electron chi connectivity index (χ4n) is 1.46. The molecule has 0 amide bonds. The Kier molecular flexibility index (Phi) is 4.39. The van der Waals surface area contributed by atoms with E-state index in [4.69, 9.17) is 34.3 Å². The Hall–Kier alpha value is -1.17. The molecular formula is C13H10BrClN2OS. The minimum Gasteiger partial charge on any atom is -0.437 e. The molecule has 0 unspecified atom stereocenters. The smallest absolute Gasteiger partial charge is 0.229 e. The number of hydrogen-bond acceptors (Lipinski definition) is 3. The van der Waals surface area contributed by atoms with Crippen LogP contribution in [0.1, 0.15) is 11.3 Å². The molecule has 19 heavy (non-hydrogen) atoms. The van der Waals surface area contributed by atoms with Crippen molar-refractivity contribution in [1.82, 2.24) is 4.98 Å². The van der Waals surface area contributed by atoms with E-state index in [0.29, 0.717) is 22.2 Å². The van der Waals surface area contributed by atoms with Crippen molar-refractivity contribution in [2.24, 2.45) is 5.73 Å². The van der Waals surface area contributed by atoms with Crippen molar-refractivity contribution in [2.45, 2.75) is 6.92 Å². The summed E-state index contributed by atoms with van der Waals surface area (Å²) in [6.07, 6.45) is 0. The fraction of sp³-hybridized carbons (Fsp3) is 0.0769. The van der Waals surface area contributed by atoms with Gasteiger partial charge in [-0.15, -0.1) is 0 Å². The summed E-state index contributed by atoms with van der Waals surface area (Å²) in [5, 5.41) is 0.486. The highest BCUT2D eigenvalue weighted by Crippen LogP contribution is 2.32. The highest BCUT2D eigenvalue weighted by molar-refractivity contribution is 9.10. The van der Waals surface area contributed by atoms with Crippen LogP contribution in [0.3, 0.4) is 0 Å². The van der Waals surface area contributed by atoms with Crippen LogP contribution < -0.4 is 10.5 Å². The second-order valence-corrected chi connectivity index (χ2v) is 5.61. The van der Waals surface area contributed by atoms with Crippen LogP contribution in [0, 0.1) is 6.92 Å². The summed E-state index contributed by atoms with van der Waals surface area (Å²) in [5.74, 6) is 0.846. The molecule has 1 aromatic heterocycles. The van der Waals surface area contributed by atoms with Gasteiger partial charge >= 0.3 is 0 Å². The predicted octanol–water partition coefficient (Wildman–Crippen LogP) is 4.23. The Morgan fingerprint density at radius 2 is 2.11 bits per heavy atom. The lowest BCUT2D eigenvalue weighted by molar-refractivity contribution is 0.460. The largest absolute Gasteiger partial charge is 0.437 e. The lowest BCUT2D eigenvalue weighted by atomic mass is 10.2. The molecule has 0 aliphatic rings. The number of nitrogens with zero attached hydrogens (tertiary/aromatic N) is 1. The minimum atomic E-state index is 0.230. The molecule has 2 aromatic rings. The standard InChI is InChI=1S/C13H10BrClN2OS/c1-7-2-4-9(12(16)19)13(17-7)18-11-6-8(14)3-5-10(11)15/h2-6H,1H3,(H2,16,19). The van der Waals surface area contributed by atoms with Gasteiger partial charge in [0.05, 0.1) is 10.6 Å². The third-order valence-electron chi connectivity index (χ3n) is 2.36. The van der Waals surface area contributed by atoms with Gasteiger partial charge < -0.3 is 10.5 Å². The van der Waals surface area contributed by atoms with Crippen LogP contribution in [0.4, 0.5) is 0 Å². The second-order valence-electron chi connectivity index (χ2n) is 3.85. The van der Waals surface area contributed by atoms with Crippen molar-refractivity contribution in [3.63, 3.8) is 0 Å². The van der Waals surface area contributed by atoms with Gasteiger partial charge in [-0.2, -0.15) is 0 Å². The molecule has 1 heterocycles. The molecule has 0 atom stereocenters. The van der Waals surface area contributed by atoms with E-state index in [1.807, 2.05) is 19.1 Å². The average Bonchev–Trinajstić information content (AvgIpc) is 2.33. The molecule has 0 saturated heterocycles. The van der Waals surface area contributed by atoms with Crippen LogP contribution >= 0.6 is 39.7 Å². The second kappa shape index (κ2) is 5.86. The first-order valence-electron chi connectivity index (χ1n) is 5.37. The quantitative estimate of drug-likeness (QED) is 0.835. The van der Waals surface area contributed by atoms with Crippen molar-refractivity contribution in [3.8, 4) is 11.6 Å². The molecular weight excluding hydrogens is 348 g/mol. The molecule has 0 saturated carbocycles. The maximum absolute atomic E-state index is 6.08. The lowest BCUT2D eigenvalue weighted by Gasteiger charge is -2.11. The van der Waals surface area contributed by atoms with Crippen LogP contribution in [0.2, 0.25) is 5.02 Å². The zero-order valence-electron chi connectivity index (χ0n) is 9.98. The maximum Gasteiger partial charge on any atom is 0.229 e. The molecule has 2 rings (SSSR count). The molecule has 6 heteroatoms. The van der Waals surface area contributed by atoms with Gasteiger partial charge in [0.2, 0.25) is 5.88 Å². The monoisotopic (exact) mass is 356 g/mol. The van der Waals surface area contributed by atoms with Gasteiger partial charge in [0.1, 0.15) is 10.7 Å². The van der Waals surface area contributed by atoms with Crippen LogP contribution in [-0.2, 0) is 0 Å². The topological polar surface area (TPSA) is 48.1 Å². The number of nitrogens with two attached hydrogens (primary N) is 1. The van der Waals surface area contributed by atoms with E-state index in [2.05, 4.69) is 20.9 Å². The van der Waals surface area contributed by atoms with Crippen molar-refractivity contribution >= 4 is 44.7 Å². The summed E-state index contributed by atoms with van der Waals surface area (Å²) in [5.41, 5.74) is 7.04. The van der Waals surface area contributed by atoms with E-state index in [9.17, 15) is 0 Å². The van der Waals surface area contributed by atoms with E-state index in [0.717, 1.165) is 10.2 Å². The van der Waals surface area contributed by atoms with Crippen LogP contribution in [0.5, 0.6) is 11.6 Å². The number of aromatic nitrogens is 1. The SMILES string of the molecule is Cc1ccc(C(N)=S)c(Oc2cc(Br)ccc2Cl)n1. The van der Waals surface area contributed by atoms with E-state index in [1.54, 1.807) is 18.2 Å². The van der Waals surface area contributed by atoms with Crippen molar-refractivity contribution in [2.75, 3.05) is 0 Å². The Morgan fingerprint density at radius 1 is 1.37 bits per heavy atom. The van der Waals surface area contributed by atoms with E-state index < -0.39 is 0 Å². The summed E-state index contributed by atoms with van der Waals surface area (Å²) < 4.78 is 6.58.